The number of hydrogen-bond donors (Lipinski definition) is 0. The lowest BCUT2D eigenvalue weighted by Gasteiger charge is -2.32. The molecular weight excluding hydrogens is 366 g/mol. The van der Waals surface area contributed by atoms with E-state index in [1.165, 1.54) is 16.7 Å². The fourth-order valence-electron chi connectivity index (χ4n) is 3.92. The molecule has 3 aromatic rings. The number of carbonyl (C=O) groups is 1. The van der Waals surface area contributed by atoms with E-state index in [9.17, 15) is 4.79 Å². The molecular formula is C28H33NO. The molecule has 2 heteroatoms. The molecule has 0 spiro atoms. The van der Waals surface area contributed by atoms with Gasteiger partial charge in [0.25, 0.3) is 0 Å². The number of carbonyl (C=O) groups excluding carboxylic acids is 1. The smallest absolute Gasteiger partial charge is 0.150 e. The first-order valence-corrected chi connectivity index (χ1v) is 11.0. The summed E-state index contributed by atoms with van der Waals surface area (Å²) in [5, 5.41) is 0. The Balaban J connectivity index is 1.80. The van der Waals surface area contributed by atoms with Crippen LogP contribution in [-0.4, -0.2) is 16.7 Å². The Morgan fingerprint density at radius 2 is 1.13 bits per heavy atom. The fraction of sp³-hybridized carbons (Fsp3) is 0.321. The SMILES string of the molecule is CC(C)C[C@@H](C(=O)CCc1ccccc1)N(Cc1ccccc1)Cc1ccccc1. The molecule has 0 radical (unpaired) electrons. The molecule has 1 atom stereocenters. The number of hydrogen-bond acceptors (Lipinski definition) is 2. The molecule has 0 amide bonds. The van der Waals surface area contributed by atoms with Crippen molar-refractivity contribution in [3.63, 3.8) is 0 Å². The van der Waals surface area contributed by atoms with Crippen LogP contribution in [0.2, 0.25) is 0 Å². The highest BCUT2D eigenvalue weighted by Crippen LogP contribution is 2.21. The van der Waals surface area contributed by atoms with Gasteiger partial charge in [-0.1, -0.05) is 105 Å². The zero-order valence-corrected chi connectivity index (χ0v) is 18.2. The van der Waals surface area contributed by atoms with Crippen molar-refractivity contribution in [2.45, 2.75) is 52.2 Å². The summed E-state index contributed by atoms with van der Waals surface area (Å²) in [5.74, 6) is 0.809. The maximum atomic E-state index is 13.4. The molecule has 0 saturated heterocycles. The lowest BCUT2D eigenvalue weighted by atomic mass is 9.94. The number of aryl methyl sites for hydroxylation is 1. The summed E-state index contributed by atoms with van der Waals surface area (Å²) < 4.78 is 0. The average Bonchev–Trinajstić information content (AvgIpc) is 2.77. The first-order valence-electron chi connectivity index (χ1n) is 11.0. The van der Waals surface area contributed by atoms with Crippen LogP contribution in [0, 0.1) is 5.92 Å². The predicted molar refractivity (Wildman–Crippen MR) is 125 cm³/mol. The molecule has 0 aliphatic carbocycles. The number of rotatable bonds is 11. The number of benzene rings is 3. The van der Waals surface area contributed by atoms with Crippen molar-refractivity contribution in [2.75, 3.05) is 0 Å². The minimum Gasteiger partial charge on any atom is -0.298 e. The standard InChI is InChI=1S/C28H33NO/c1-23(2)20-27(28(30)19-18-24-12-6-3-7-13-24)29(21-25-14-8-4-9-15-25)22-26-16-10-5-11-17-26/h3-17,23,27H,18-22H2,1-2H3/t27-/m0/s1. The molecule has 0 aromatic heterocycles. The summed E-state index contributed by atoms with van der Waals surface area (Å²) in [4.78, 5) is 15.8. The molecule has 30 heavy (non-hydrogen) atoms. The van der Waals surface area contributed by atoms with Gasteiger partial charge in [-0.25, -0.2) is 0 Å². The van der Waals surface area contributed by atoms with Gasteiger partial charge in [0.05, 0.1) is 6.04 Å². The highest BCUT2D eigenvalue weighted by molar-refractivity contribution is 5.84. The van der Waals surface area contributed by atoms with Gasteiger partial charge in [-0.15, -0.1) is 0 Å². The quantitative estimate of drug-likeness (QED) is 0.377. The lowest BCUT2D eigenvalue weighted by molar-refractivity contribution is -0.125. The largest absolute Gasteiger partial charge is 0.298 e. The van der Waals surface area contributed by atoms with E-state index in [1.807, 2.05) is 30.3 Å². The summed E-state index contributed by atoms with van der Waals surface area (Å²) in [6.45, 7) is 5.98. The van der Waals surface area contributed by atoms with Crippen LogP contribution in [0.4, 0.5) is 0 Å². The van der Waals surface area contributed by atoms with Crippen LogP contribution >= 0.6 is 0 Å². The van der Waals surface area contributed by atoms with Gasteiger partial charge in [0.1, 0.15) is 5.78 Å². The number of nitrogens with zero attached hydrogens (tertiary/aromatic N) is 1. The summed E-state index contributed by atoms with van der Waals surface area (Å²) >= 11 is 0. The molecule has 3 rings (SSSR count). The normalized spacial score (nSPS) is 12.3. The Labute approximate surface area is 181 Å². The molecule has 0 unspecified atom stereocenters. The minimum atomic E-state index is -0.0749. The maximum Gasteiger partial charge on any atom is 0.150 e. The second-order valence-electron chi connectivity index (χ2n) is 8.47. The molecule has 3 aromatic carbocycles. The topological polar surface area (TPSA) is 20.3 Å². The Morgan fingerprint density at radius 3 is 1.57 bits per heavy atom. The first-order chi connectivity index (χ1) is 14.6. The van der Waals surface area contributed by atoms with Crippen molar-refractivity contribution in [1.82, 2.24) is 4.90 Å². The summed E-state index contributed by atoms with van der Waals surface area (Å²) in [6.07, 6.45) is 2.27. The zero-order valence-electron chi connectivity index (χ0n) is 18.2. The van der Waals surface area contributed by atoms with Crippen molar-refractivity contribution in [3.05, 3.63) is 108 Å². The van der Waals surface area contributed by atoms with Gasteiger partial charge in [-0.2, -0.15) is 0 Å². The number of ketones is 1. The maximum absolute atomic E-state index is 13.4. The monoisotopic (exact) mass is 399 g/mol. The molecule has 0 aliphatic heterocycles. The Morgan fingerprint density at radius 1 is 0.700 bits per heavy atom. The highest BCUT2D eigenvalue weighted by Gasteiger charge is 2.26. The highest BCUT2D eigenvalue weighted by atomic mass is 16.1. The van der Waals surface area contributed by atoms with Gasteiger partial charge in [0.2, 0.25) is 0 Å². The van der Waals surface area contributed by atoms with Gasteiger partial charge in [-0.05, 0) is 35.4 Å². The van der Waals surface area contributed by atoms with Gasteiger partial charge < -0.3 is 0 Å². The Bertz CT molecular complexity index is 833. The Hall–Kier alpha value is -2.71. The van der Waals surface area contributed by atoms with Gasteiger partial charge in [0, 0.05) is 19.5 Å². The van der Waals surface area contributed by atoms with Crippen LogP contribution in [-0.2, 0) is 24.3 Å². The van der Waals surface area contributed by atoms with Crippen molar-refractivity contribution >= 4 is 5.78 Å². The number of Topliss-reactive ketones (excluding diaryl/α,β-unsaturated/α-hetero) is 1. The van der Waals surface area contributed by atoms with E-state index in [1.54, 1.807) is 0 Å². The summed E-state index contributed by atoms with van der Waals surface area (Å²) in [5.41, 5.74) is 3.72. The van der Waals surface area contributed by atoms with Gasteiger partial charge >= 0.3 is 0 Å². The molecule has 2 nitrogen and oxygen atoms in total. The van der Waals surface area contributed by atoms with Gasteiger partial charge in [0.15, 0.2) is 0 Å². The van der Waals surface area contributed by atoms with E-state index in [0.717, 1.165) is 25.9 Å². The lowest BCUT2D eigenvalue weighted by Crippen LogP contribution is -2.41. The molecule has 156 valence electrons. The van der Waals surface area contributed by atoms with Crippen molar-refractivity contribution in [3.8, 4) is 0 Å². The molecule has 0 heterocycles. The van der Waals surface area contributed by atoms with E-state index >= 15 is 0 Å². The summed E-state index contributed by atoms with van der Waals surface area (Å²) in [6, 6.07) is 31.2. The second-order valence-corrected chi connectivity index (χ2v) is 8.47. The van der Waals surface area contributed by atoms with Crippen LogP contribution in [0.25, 0.3) is 0 Å². The molecule has 0 fully saturated rings. The summed E-state index contributed by atoms with van der Waals surface area (Å²) in [7, 11) is 0. The van der Waals surface area contributed by atoms with Crippen molar-refractivity contribution in [2.24, 2.45) is 5.92 Å². The van der Waals surface area contributed by atoms with Gasteiger partial charge in [-0.3, -0.25) is 9.69 Å². The third-order valence-electron chi connectivity index (χ3n) is 5.47. The van der Waals surface area contributed by atoms with E-state index in [-0.39, 0.29) is 6.04 Å². The van der Waals surface area contributed by atoms with Crippen LogP contribution in [0.5, 0.6) is 0 Å². The van der Waals surface area contributed by atoms with Crippen LogP contribution in [0.15, 0.2) is 91.0 Å². The second kappa shape index (κ2) is 11.5. The molecule has 0 bridgehead atoms. The first kappa shape index (κ1) is 22.0. The Kier molecular flexibility index (Phi) is 8.41. The van der Waals surface area contributed by atoms with E-state index in [2.05, 4.69) is 79.4 Å². The van der Waals surface area contributed by atoms with Crippen molar-refractivity contribution in [1.29, 1.82) is 0 Å². The fourth-order valence-corrected chi connectivity index (χ4v) is 3.92. The van der Waals surface area contributed by atoms with E-state index in [4.69, 9.17) is 0 Å². The molecule has 0 saturated carbocycles. The zero-order chi connectivity index (χ0) is 21.2. The molecule has 0 aliphatic rings. The third-order valence-corrected chi connectivity index (χ3v) is 5.47. The minimum absolute atomic E-state index is 0.0749. The van der Waals surface area contributed by atoms with E-state index in [0.29, 0.717) is 18.1 Å². The molecule has 0 N–H and O–H groups in total. The average molecular weight is 400 g/mol. The van der Waals surface area contributed by atoms with Crippen LogP contribution < -0.4 is 0 Å². The van der Waals surface area contributed by atoms with Crippen LogP contribution in [0.1, 0.15) is 43.4 Å². The van der Waals surface area contributed by atoms with E-state index < -0.39 is 0 Å². The predicted octanol–water partition coefficient (Wildman–Crippen LogP) is 6.31. The van der Waals surface area contributed by atoms with Crippen molar-refractivity contribution < 1.29 is 4.79 Å². The van der Waals surface area contributed by atoms with Crippen LogP contribution in [0.3, 0.4) is 0 Å². The third kappa shape index (κ3) is 6.96.